The molecule has 2 heteroatoms. The second-order valence-electron chi connectivity index (χ2n) is 2.89. The van der Waals surface area contributed by atoms with Gasteiger partial charge in [-0.3, -0.25) is 4.79 Å². The predicted octanol–water partition coefficient (Wildman–Crippen LogP) is 2.32. The van der Waals surface area contributed by atoms with Crippen molar-refractivity contribution in [1.82, 2.24) is 0 Å². The standard InChI is InChI=1S/C11H12O2/c1-3-4-9-7-10(13)5-6-11(9)8(2)12/h3,5-7,13H,1,4H2,2H3. The second-order valence-corrected chi connectivity index (χ2v) is 2.89. The number of allylic oxidation sites excluding steroid dienone is 1. The smallest absolute Gasteiger partial charge is 0.160 e. The monoisotopic (exact) mass is 176 g/mol. The number of carbonyl (C=O) groups excluding carboxylic acids is 1. The number of benzene rings is 1. The zero-order valence-electron chi connectivity index (χ0n) is 7.58. The van der Waals surface area contributed by atoms with E-state index in [4.69, 9.17) is 0 Å². The van der Waals surface area contributed by atoms with E-state index in [-0.39, 0.29) is 11.5 Å². The Balaban J connectivity index is 3.17. The number of phenols is 1. The fraction of sp³-hybridized carbons (Fsp3) is 0.182. The molecule has 68 valence electrons. The van der Waals surface area contributed by atoms with Crippen molar-refractivity contribution in [3.05, 3.63) is 42.0 Å². The lowest BCUT2D eigenvalue weighted by atomic mass is 10.0. The molecule has 1 rings (SSSR count). The van der Waals surface area contributed by atoms with Crippen LogP contribution < -0.4 is 0 Å². The van der Waals surface area contributed by atoms with Crippen LogP contribution in [0.2, 0.25) is 0 Å². The minimum Gasteiger partial charge on any atom is -0.508 e. The summed E-state index contributed by atoms with van der Waals surface area (Å²) in [5, 5.41) is 9.20. The highest BCUT2D eigenvalue weighted by Crippen LogP contribution is 2.17. The van der Waals surface area contributed by atoms with Gasteiger partial charge in [0.15, 0.2) is 5.78 Å². The average Bonchev–Trinajstić information content (AvgIpc) is 2.04. The Morgan fingerprint density at radius 2 is 2.31 bits per heavy atom. The van der Waals surface area contributed by atoms with E-state index in [2.05, 4.69) is 6.58 Å². The minimum atomic E-state index is 0.0110. The molecule has 0 fully saturated rings. The van der Waals surface area contributed by atoms with Crippen LogP contribution in [0, 0.1) is 0 Å². The van der Waals surface area contributed by atoms with Crippen LogP contribution in [0.5, 0.6) is 5.75 Å². The fourth-order valence-corrected chi connectivity index (χ4v) is 1.25. The van der Waals surface area contributed by atoms with Gasteiger partial charge in [-0.05, 0) is 37.1 Å². The van der Waals surface area contributed by atoms with Gasteiger partial charge in [-0.15, -0.1) is 6.58 Å². The van der Waals surface area contributed by atoms with Gasteiger partial charge in [-0.1, -0.05) is 6.08 Å². The summed E-state index contributed by atoms with van der Waals surface area (Å²) in [6.07, 6.45) is 2.31. The van der Waals surface area contributed by atoms with Crippen molar-refractivity contribution >= 4 is 5.78 Å². The maximum Gasteiger partial charge on any atom is 0.160 e. The van der Waals surface area contributed by atoms with Crippen molar-refractivity contribution in [2.45, 2.75) is 13.3 Å². The molecule has 0 aliphatic carbocycles. The van der Waals surface area contributed by atoms with Crippen LogP contribution in [-0.2, 0) is 6.42 Å². The summed E-state index contributed by atoms with van der Waals surface area (Å²) in [7, 11) is 0. The largest absolute Gasteiger partial charge is 0.508 e. The molecule has 0 radical (unpaired) electrons. The fourth-order valence-electron chi connectivity index (χ4n) is 1.25. The van der Waals surface area contributed by atoms with Crippen LogP contribution in [0.25, 0.3) is 0 Å². The number of hydrogen-bond acceptors (Lipinski definition) is 2. The van der Waals surface area contributed by atoms with Crippen molar-refractivity contribution in [3.8, 4) is 5.75 Å². The predicted molar refractivity (Wildman–Crippen MR) is 52.0 cm³/mol. The number of aromatic hydroxyl groups is 1. The normalized spacial score (nSPS) is 9.62. The van der Waals surface area contributed by atoms with Crippen LogP contribution in [0.15, 0.2) is 30.9 Å². The first-order valence-corrected chi connectivity index (χ1v) is 4.09. The molecule has 0 saturated carbocycles. The van der Waals surface area contributed by atoms with E-state index in [9.17, 15) is 9.90 Å². The van der Waals surface area contributed by atoms with E-state index >= 15 is 0 Å². The Morgan fingerprint density at radius 3 is 2.85 bits per heavy atom. The second kappa shape index (κ2) is 3.90. The highest BCUT2D eigenvalue weighted by atomic mass is 16.3. The minimum absolute atomic E-state index is 0.0110. The quantitative estimate of drug-likeness (QED) is 0.567. The molecule has 0 aromatic heterocycles. The zero-order valence-corrected chi connectivity index (χ0v) is 7.58. The van der Waals surface area contributed by atoms with Gasteiger partial charge in [0, 0.05) is 5.56 Å². The SMILES string of the molecule is C=CCc1cc(O)ccc1C(C)=O. The molecule has 0 bridgehead atoms. The van der Waals surface area contributed by atoms with Crippen molar-refractivity contribution in [2.24, 2.45) is 0 Å². The van der Waals surface area contributed by atoms with Gasteiger partial charge in [0.2, 0.25) is 0 Å². The van der Waals surface area contributed by atoms with Crippen molar-refractivity contribution in [1.29, 1.82) is 0 Å². The lowest BCUT2D eigenvalue weighted by Gasteiger charge is -2.04. The lowest BCUT2D eigenvalue weighted by Crippen LogP contribution is -1.98. The van der Waals surface area contributed by atoms with Gasteiger partial charge >= 0.3 is 0 Å². The zero-order chi connectivity index (χ0) is 9.84. The van der Waals surface area contributed by atoms with Crippen LogP contribution in [-0.4, -0.2) is 10.9 Å². The van der Waals surface area contributed by atoms with Crippen LogP contribution in [0.3, 0.4) is 0 Å². The van der Waals surface area contributed by atoms with Gasteiger partial charge in [-0.2, -0.15) is 0 Å². The third-order valence-corrected chi connectivity index (χ3v) is 1.83. The molecule has 0 amide bonds. The summed E-state index contributed by atoms with van der Waals surface area (Å²) < 4.78 is 0. The number of phenolic OH excluding ortho intramolecular Hbond substituents is 1. The first-order valence-electron chi connectivity index (χ1n) is 4.09. The molecular weight excluding hydrogens is 164 g/mol. The topological polar surface area (TPSA) is 37.3 Å². The molecular formula is C11H12O2. The van der Waals surface area contributed by atoms with E-state index in [1.807, 2.05) is 0 Å². The van der Waals surface area contributed by atoms with Crippen molar-refractivity contribution < 1.29 is 9.90 Å². The Labute approximate surface area is 77.5 Å². The van der Waals surface area contributed by atoms with Crippen molar-refractivity contribution in [2.75, 3.05) is 0 Å². The molecule has 2 nitrogen and oxygen atoms in total. The molecule has 13 heavy (non-hydrogen) atoms. The Kier molecular flexibility index (Phi) is 2.85. The van der Waals surface area contributed by atoms with Gasteiger partial charge in [0.25, 0.3) is 0 Å². The number of Topliss-reactive ketones (excluding diaryl/α,β-unsaturated/α-hetero) is 1. The molecule has 0 spiro atoms. The van der Waals surface area contributed by atoms with Crippen LogP contribution in [0.4, 0.5) is 0 Å². The molecule has 0 atom stereocenters. The Morgan fingerprint density at radius 1 is 1.62 bits per heavy atom. The Hall–Kier alpha value is -1.57. The average molecular weight is 176 g/mol. The Bertz CT molecular complexity index is 340. The molecule has 0 aliphatic rings. The molecule has 1 aromatic rings. The van der Waals surface area contributed by atoms with E-state index in [0.29, 0.717) is 12.0 Å². The van der Waals surface area contributed by atoms with Gasteiger partial charge in [0.1, 0.15) is 5.75 Å². The van der Waals surface area contributed by atoms with Gasteiger partial charge in [-0.25, -0.2) is 0 Å². The number of carbonyl (C=O) groups is 1. The van der Waals surface area contributed by atoms with Gasteiger partial charge < -0.3 is 5.11 Å². The molecule has 0 saturated heterocycles. The summed E-state index contributed by atoms with van der Waals surface area (Å²) in [4.78, 5) is 11.1. The van der Waals surface area contributed by atoms with Crippen LogP contribution >= 0.6 is 0 Å². The van der Waals surface area contributed by atoms with E-state index < -0.39 is 0 Å². The summed E-state index contributed by atoms with van der Waals surface area (Å²) in [5.41, 5.74) is 1.47. The molecule has 0 heterocycles. The first kappa shape index (κ1) is 9.52. The first-order chi connectivity index (χ1) is 6.15. The summed E-state index contributed by atoms with van der Waals surface area (Å²) in [6.45, 7) is 5.11. The third kappa shape index (κ3) is 2.18. The van der Waals surface area contributed by atoms with E-state index in [0.717, 1.165) is 5.56 Å². The highest BCUT2D eigenvalue weighted by Gasteiger charge is 2.05. The van der Waals surface area contributed by atoms with E-state index in [1.165, 1.54) is 13.0 Å². The molecule has 1 N–H and O–H groups in total. The van der Waals surface area contributed by atoms with Crippen LogP contribution in [0.1, 0.15) is 22.8 Å². The summed E-state index contributed by atoms with van der Waals surface area (Å²) in [5.74, 6) is 0.193. The third-order valence-electron chi connectivity index (χ3n) is 1.83. The number of ketones is 1. The van der Waals surface area contributed by atoms with Crippen molar-refractivity contribution in [3.63, 3.8) is 0 Å². The maximum absolute atomic E-state index is 11.1. The highest BCUT2D eigenvalue weighted by molar-refractivity contribution is 5.95. The summed E-state index contributed by atoms with van der Waals surface area (Å²) in [6, 6.07) is 4.75. The molecule has 0 aliphatic heterocycles. The number of hydrogen-bond donors (Lipinski definition) is 1. The molecule has 1 aromatic carbocycles. The van der Waals surface area contributed by atoms with E-state index in [1.54, 1.807) is 18.2 Å². The summed E-state index contributed by atoms with van der Waals surface area (Å²) >= 11 is 0. The lowest BCUT2D eigenvalue weighted by molar-refractivity contribution is 0.101. The van der Waals surface area contributed by atoms with Gasteiger partial charge in [0.05, 0.1) is 0 Å². The molecule has 0 unspecified atom stereocenters. The maximum atomic E-state index is 11.1. The number of rotatable bonds is 3.